The Morgan fingerprint density at radius 2 is 1.00 bits per heavy atom. The molecule has 56 heavy (non-hydrogen) atoms. The van der Waals surface area contributed by atoms with Crippen LogP contribution in [0.25, 0.3) is 75.1 Å². The van der Waals surface area contributed by atoms with Gasteiger partial charge in [0.25, 0.3) is 0 Å². The molecule has 0 radical (unpaired) electrons. The summed E-state index contributed by atoms with van der Waals surface area (Å²) in [5, 5.41) is 7.13. The van der Waals surface area contributed by atoms with Gasteiger partial charge in [-0.25, -0.2) is 0 Å². The van der Waals surface area contributed by atoms with Gasteiger partial charge in [0.1, 0.15) is 5.58 Å². The van der Waals surface area contributed by atoms with Crippen LogP contribution >= 0.6 is 11.3 Å². The van der Waals surface area contributed by atoms with Crippen molar-refractivity contribution in [3.05, 3.63) is 210 Å². The minimum atomic E-state index is -0.445. The molecule has 3 heteroatoms. The van der Waals surface area contributed by atoms with E-state index in [1.807, 2.05) is 11.3 Å². The molecule has 9 aromatic carbocycles. The van der Waals surface area contributed by atoms with E-state index in [1.54, 1.807) is 0 Å². The normalized spacial score (nSPS) is 13.5. The number of fused-ring (bicyclic) bond motifs is 18. The third-order valence-corrected chi connectivity index (χ3v) is 13.6. The second-order valence-electron chi connectivity index (χ2n) is 15.2. The van der Waals surface area contributed by atoms with E-state index in [2.05, 4.69) is 193 Å². The van der Waals surface area contributed by atoms with Crippen molar-refractivity contribution < 1.29 is 4.42 Å². The highest BCUT2D eigenvalue weighted by atomic mass is 32.1. The van der Waals surface area contributed by atoms with Crippen LogP contribution in [0, 0.1) is 0 Å². The Hall–Kier alpha value is -6.94. The summed E-state index contributed by atoms with van der Waals surface area (Å²) in [5.74, 6) is 0. The summed E-state index contributed by atoms with van der Waals surface area (Å²) in [6, 6.07) is 69.6. The van der Waals surface area contributed by atoms with E-state index in [0.717, 1.165) is 39.0 Å². The molecule has 0 atom stereocenters. The standard InChI is InChI=1S/C53H31NOS/c1-2-14-33-29-34(26-25-32(33)13-1)54(47-31-42-40-18-6-11-23-48(40)55-51(42)52-50(47)41-19-7-12-24-49(41)56-52)35-27-28-39-38-17-5-10-22-45(38)53(46(39)30-35)43-20-8-3-15-36(43)37-16-4-9-21-44(37)53/h1-31H. The van der Waals surface area contributed by atoms with E-state index in [0.29, 0.717) is 0 Å². The van der Waals surface area contributed by atoms with Crippen molar-refractivity contribution >= 4 is 81.3 Å². The summed E-state index contributed by atoms with van der Waals surface area (Å²) < 4.78 is 9.14. The van der Waals surface area contributed by atoms with E-state index < -0.39 is 5.41 Å². The summed E-state index contributed by atoms with van der Waals surface area (Å²) in [6.45, 7) is 0. The molecule has 0 aliphatic heterocycles. The van der Waals surface area contributed by atoms with Crippen molar-refractivity contribution in [3.63, 3.8) is 0 Å². The molecule has 2 aromatic heterocycles. The lowest BCUT2D eigenvalue weighted by molar-refractivity contribution is 0.673. The molecule has 2 aliphatic rings. The number of para-hydroxylation sites is 1. The molecule has 13 rings (SSSR count). The first kappa shape index (κ1) is 30.4. The van der Waals surface area contributed by atoms with Crippen LogP contribution in [0.4, 0.5) is 17.1 Å². The van der Waals surface area contributed by atoms with E-state index in [4.69, 9.17) is 4.42 Å². The number of hydrogen-bond acceptors (Lipinski definition) is 3. The summed E-state index contributed by atoms with van der Waals surface area (Å²) in [6.07, 6.45) is 0. The lowest BCUT2D eigenvalue weighted by atomic mass is 9.70. The average molecular weight is 730 g/mol. The quantitative estimate of drug-likeness (QED) is 0.180. The van der Waals surface area contributed by atoms with Crippen LogP contribution in [-0.2, 0) is 5.41 Å². The summed E-state index contributed by atoms with van der Waals surface area (Å²) >= 11 is 1.82. The van der Waals surface area contributed by atoms with Crippen LogP contribution in [0.15, 0.2) is 192 Å². The van der Waals surface area contributed by atoms with Crippen LogP contribution in [0.5, 0.6) is 0 Å². The largest absolute Gasteiger partial charge is 0.455 e. The van der Waals surface area contributed by atoms with Gasteiger partial charge in [0.05, 0.1) is 15.8 Å². The van der Waals surface area contributed by atoms with Crippen molar-refractivity contribution in [2.45, 2.75) is 5.41 Å². The van der Waals surface area contributed by atoms with Gasteiger partial charge in [0.2, 0.25) is 0 Å². The zero-order valence-corrected chi connectivity index (χ0v) is 31.0. The van der Waals surface area contributed by atoms with Crippen LogP contribution < -0.4 is 4.90 Å². The molecule has 0 fully saturated rings. The second kappa shape index (κ2) is 11.1. The predicted octanol–water partition coefficient (Wildman–Crippen LogP) is 14.9. The monoisotopic (exact) mass is 729 g/mol. The first-order valence-corrected chi connectivity index (χ1v) is 20.1. The highest BCUT2D eigenvalue weighted by Crippen LogP contribution is 2.63. The molecule has 0 amide bonds. The molecule has 0 unspecified atom stereocenters. The van der Waals surface area contributed by atoms with E-state index in [9.17, 15) is 0 Å². The minimum absolute atomic E-state index is 0.445. The van der Waals surface area contributed by atoms with Crippen molar-refractivity contribution in [1.82, 2.24) is 0 Å². The van der Waals surface area contributed by atoms with Crippen LogP contribution in [0.2, 0.25) is 0 Å². The van der Waals surface area contributed by atoms with E-state index >= 15 is 0 Å². The maximum absolute atomic E-state index is 6.72. The van der Waals surface area contributed by atoms with Crippen molar-refractivity contribution in [3.8, 4) is 22.3 Å². The molecule has 0 N–H and O–H groups in total. The number of furan rings is 1. The maximum Gasteiger partial charge on any atom is 0.153 e. The number of anilines is 3. The number of thiophene rings is 1. The predicted molar refractivity (Wildman–Crippen MR) is 235 cm³/mol. The lowest BCUT2D eigenvalue weighted by Crippen LogP contribution is -2.26. The van der Waals surface area contributed by atoms with Gasteiger partial charge in [-0.3, -0.25) is 0 Å². The molecule has 2 heterocycles. The van der Waals surface area contributed by atoms with Gasteiger partial charge >= 0.3 is 0 Å². The number of benzene rings is 9. The van der Waals surface area contributed by atoms with Crippen LogP contribution in [0.3, 0.4) is 0 Å². The molecular weight excluding hydrogens is 699 g/mol. The molecule has 260 valence electrons. The Kier molecular flexibility index (Phi) is 6.01. The first-order valence-electron chi connectivity index (χ1n) is 19.3. The molecule has 1 spiro atoms. The Balaban J connectivity index is 1.17. The Morgan fingerprint density at radius 1 is 0.429 bits per heavy atom. The Morgan fingerprint density at radius 3 is 1.75 bits per heavy atom. The first-order chi connectivity index (χ1) is 27.8. The SMILES string of the molecule is c1ccc2c(c1)-c1ccccc1C21c2ccccc2-c2ccc(N(c3ccc4ccccc4c3)c3cc4c5ccccc5oc4c4sc5ccccc5c34)cc21. The molecule has 2 aliphatic carbocycles. The van der Waals surface area contributed by atoms with Crippen LogP contribution in [-0.4, -0.2) is 0 Å². The van der Waals surface area contributed by atoms with Crippen molar-refractivity contribution in [2.24, 2.45) is 0 Å². The third kappa shape index (κ3) is 3.85. The van der Waals surface area contributed by atoms with E-state index in [-0.39, 0.29) is 0 Å². The maximum atomic E-state index is 6.72. The Bertz CT molecular complexity index is 3390. The minimum Gasteiger partial charge on any atom is -0.455 e. The van der Waals surface area contributed by atoms with E-state index in [1.165, 1.54) is 75.5 Å². The van der Waals surface area contributed by atoms with Crippen molar-refractivity contribution in [1.29, 1.82) is 0 Å². The van der Waals surface area contributed by atoms with Gasteiger partial charge < -0.3 is 9.32 Å². The molecule has 0 bridgehead atoms. The van der Waals surface area contributed by atoms with Gasteiger partial charge in [-0.05, 0) is 97.7 Å². The Labute approximate surface area is 327 Å². The number of nitrogens with zero attached hydrogens (tertiary/aromatic N) is 1. The average Bonchev–Trinajstić information content (AvgIpc) is 3.99. The second-order valence-corrected chi connectivity index (χ2v) is 16.2. The van der Waals surface area contributed by atoms with Gasteiger partial charge in [0.15, 0.2) is 5.58 Å². The van der Waals surface area contributed by atoms with Crippen molar-refractivity contribution in [2.75, 3.05) is 4.90 Å². The zero-order valence-electron chi connectivity index (χ0n) is 30.2. The number of rotatable bonds is 3. The number of hydrogen-bond donors (Lipinski definition) is 0. The summed E-state index contributed by atoms with van der Waals surface area (Å²) in [7, 11) is 0. The summed E-state index contributed by atoms with van der Waals surface area (Å²) in [4.78, 5) is 2.51. The third-order valence-electron chi connectivity index (χ3n) is 12.4. The molecule has 0 saturated heterocycles. The molecule has 2 nitrogen and oxygen atoms in total. The highest BCUT2D eigenvalue weighted by molar-refractivity contribution is 7.26. The smallest absolute Gasteiger partial charge is 0.153 e. The molecule has 0 saturated carbocycles. The fourth-order valence-corrected chi connectivity index (χ4v) is 11.4. The highest BCUT2D eigenvalue weighted by Gasteiger charge is 2.51. The molecular formula is C53H31NOS. The fraction of sp³-hybridized carbons (Fsp3) is 0.0189. The topological polar surface area (TPSA) is 16.4 Å². The lowest BCUT2D eigenvalue weighted by Gasteiger charge is -2.32. The van der Waals surface area contributed by atoms with Gasteiger partial charge in [-0.1, -0.05) is 146 Å². The zero-order chi connectivity index (χ0) is 36.5. The van der Waals surface area contributed by atoms with Gasteiger partial charge in [-0.15, -0.1) is 11.3 Å². The van der Waals surface area contributed by atoms with Crippen LogP contribution in [0.1, 0.15) is 22.3 Å². The molecule has 11 aromatic rings. The van der Waals surface area contributed by atoms with Gasteiger partial charge in [-0.2, -0.15) is 0 Å². The summed E-state index contributed by atoms with van der Waals surface area (Å²) in [5.41, 5.74) is 15.4. The van der Waals surface area contributed by atoms with Gasteiger partial charge in [0, 0.05) is 37.6 Å². The fourth-order valence-electron chi connectivity index (χ4n) is 10.2.